The molecule has 0 aromatic carbocycles. The molecular formula is C16H23N5O3. The highest BCUT2D eigenvalue weighted by Gasteiger charge is 2.40. The van der Waals surface area contributed by atoms with Crippen molar-refractivity contribution in [1.29, 1.82) is 0 Å². The van der Waals surface area contributed by atoms with Crippen molar-refractivity contribution < 1.29 is 14.3 Å². The average Bonchev–Trinajstić information content (AvgIpc) is 3.15. The number of imidazole rings is 1. The van der Waals surface area contributed by atoms with Gasteiger partial charge in [0.15, 0.2) is 17.0 Å². The lowest BCUT2D eigenvalue weighted by atomic mass is 9.91. The van der Waals surface area contributed by atoms with Crippen LogP contribution in [0.5, 0.6) is 0 Å². The Morgan fingerprint density at radius 1 is 1.38 bits per heavy atom. The Hall–Kier alpha value is -2.22. The number of aromatic nitrogens is 4. The minimum absolute atomic E-state index is 0.00170. The van der Waals surface area contributed by atoms with Crippen molar-refractivity contribution in [2.45, 2.75) is 39.5 Å². The van der Waals surface area contributed by atoms with E-state index in [1.807, 2.05) is 4.57 Å². The number of nitrogens with zero attached hydrogens (tertiary/aromatic N) is 4. The van der Waals surface area contributed by atoms with E-state index in [4.69, 9.17) is 9.47 Å². The molecule has 24 heavy (non-hydrogen) atoms. The van der Waals surface area contributed by atoms with E-state index in [-0.39, 0.29) is 18.2 Å². The summed E-state index contributed by atoms with van der Waals surface area (Å²) >= 11 is 0. The molecule has 1 aliphatic heterocycles. The Kier molecular flexibility index (Phi) is 4.40. The zero-order chi connectivity index (χ0) is 17.4. The molecule has 4 atom stereocenters. The van der Waals surface area contributed by atoms with Crippen LogP contribution in [0.4, 0.5) is 5.82 Å². The maximum Gasteiger partial charge on any atom is 0.376 e. The number of carbonyl (C=O) groups is 1. The van der Waals surface area contributed by atoms with Gasteiger partial charge in [-0.25, -0.2) is 19.7 Å². The fourth-order valence-electron chi connectivity index (χ4n) is 3.27. The zero-order valence-corrected chi connectivity index (χ0v) is 14.6. The molecule has 1 N–H and O–H groups in total. The second-order valence-corrected chi connectivity index (χ2v) is 6.15. The first kappa shape index (κ1) is 16.6. The van der Waals surface area contributed by atoms with E-state index in [1.165, 1.54) is 7.11 Å². The molecule has 0 saturated carbocycles. The van der Waals surface area contributed by atoms with Crippen LogP contribution in [0.15, 0.2) is 6.33 Å². The molecule has 0 aliphatic carbocycles. The predicted molar refractivity (Wildman–Crippen MR) is 88.7 cm³/mol. The second kappa shape index (κ2) is 6.35. The van der Waals surface area contributed by atoms with Crippen molar-refractivity contribution in [1.82, 2.24) is 19.5 Å². The second-order valence-electron chi connectivity index (χ2n) is 6.15. The van der Waals surface area contributed by atoms with Gasteiger partial charge in [0.05, 0.1) is 19.5 Å². The summed E-state index contributed by atoms with van der Waals surface area (Å²) in [6, 6.07) is 0. The molecule has 3 rings (SSSR count). The van der Waals surface area contributed by atoms with Crippen LogP contribution in [0.2, 0.25) is 0 Å². The zero-order valence-electron chi connectivity index (χ0n) is 14.6. The lowest BCUT2D eigenvalue weighted by Gasteiger charge is -2.18. The minimum Gasteiger partial charge on any atom is -0.463 e. The van der Waals surface area contributed by atoms with E-state index in [2.05, 4.69) is 41.0 Å². The maximum atomic E-state index is 11.9. The molecule has 2 aromatic rings. The lowest BCUT2D eigenvalue weighted by molar-refractivity contribution is -0.0120. The number of nitrogens with one attached hydrogen (secondary N) is 1. The number of carbonyl (C=O) groups excluding carboxylic acids is 1. The van der Waals surface area contributed by atoms with E-state index >= 15 is 0 Å². The van der Waals surface area contributed by atoms with Gasteiger partial charge in [-0.3, -0.25) is 4.57 Å². The molecule has 4 unspecified atom stereocenters. The Labute approximate surface area is 140 Å². The molecule has 0 bridgehead atoms. The number of rotatable bonds is 4. The SMILES string of the molecule is CCC1OC(n2cnc3c(NC)nc(C(=O)OC)nc32)C(C)C1C. The average molecular weight is 333 g/mol. The molecule has 8 heteroatoms. The molecule has 2 aromatic heterocycles. The standard InChI is InChI=1S/C16H23N5O3/c1-6-10-8(2)9(3)15(24-10)21-7-18-11-12(17-4)19-13(16(22)23-5)20-14(11)21/h7-10,15H,6H2,1-5H3,(H,17,19,20). The third-order valence-electron chi connectivity index (χ3n) is 4.88. The van der Waals surface area contributed by atoms with Gasteiger partial charge in [0.1, 0.15) is 6.23 Å². The number of fused-ring (bicyclic) bond motifs is 1. The van der Waals surface area contributed by atoms with E-state index < -0.39 is 5.97 Å². The van der Waals surface area contributed by atoms with Crippen molar-refractivity contribution in [3.63, 3.8) is 0 Å². The van der Waals surface area contributed by atoms with Gasteiger partial charge in [-0.15, -0.1) is 0 Å². The predicted octanol–water partition coefficient (Wildman–Crippen LogP) is 2.23. The number of anilines is 1. The topological polar surface area (TPSA) is 91.2 Å². The van der Waals surface area contributed by atoms with E-state index in [0.29, 0.717) is 28.8 Å². The van der Waals surface area contributed by atoms with Crippen LogP contribution in [0.3, 0.4) is 0 Å². The van der Waals surface area contributed by atoms with Gasteiger partial charge < -0.3 is 14.8 Å². The van der Waals surface area contributed by atoms with Gasteiger partial charge in [0.25, 0.3) is 0 Å². The third-order valence-corrected chi connectivity index (χ3v) is 4.88. The molecule has 3 heterocycles. The summed E-state index contributed by atoms with van der Waals surface area (Å²) in [5.74, 6) is 0.651. The Morgan fingerprint density at radius 2 is 2.12 bits per heavy atom. The van der Waals surface area contributed by atoms with Crippen LogP contribution < -0.4 is 5.32 Å². The molecule has 8 nitrogen and oxygen atoms in total. The molecule has 1 aliphatic rings. The highest BCUT2D eigenvalue weighted by Crippen LogP contribution is 2.41. The van der Waals surface area contributed by atoms with Crippen molar-refractivity contribution in [3.8, 4) is 0 Å². The number of esters is 1. The molecular weight excluding hydrogens is 310 g/mol. The van der Waals surface area contributed by atoms with Crippen LogP contribution in [-0.4, -0.2) is 45.7 Å². The largest absolute Gasteiger partial charge is 0.463 e. The van der Waals surface area contributed by atoms with Crippen LogP contribution >= 0.6 is 0 Å². The van der Waals surface area contributed by atoms with Gasteiger partial charge in [-0.1, -0.05) is 20.8 Å². The highest BCUT2D eigenvalue weighted by atomic mass is 16.5. The normalized spacial score (nSPS) is 26.7. The molecule has 0 spiro atoms. The summed E-state index contributed by atoms with van der Waals surface area (Å²) in [4.78, 5) is 24.8. The van der Waals surface area contributed by atoms with Gasteiger partial charge in [-0.2, -0.15) is 0 Å². The Balaban J connectivity index is 2.11. The minimum atomic E-state index is -0.582. The maximum absolute atomic E-state index is 11.9. The van der Waals surface area contributed by atoms with Gasteiger partial charge in [0.2, 0.25) is 5.82 Å². The third kappa shape index (κ3) is 2.50. The Morgan fingerprint density at radius 3 is 2.71 bits per heavy atom. The summed E-state index contributed by atoms with van der Waals surface area (Å²) in [5, 5.41) is 2.96. The summed E-state index contributed by atoms with van der Waals surface area (Å²) in [7, 11) is 3.04. The van der Waals surface area contributed by atoms with E-state index in [1.54, 1.807) is 13.4 Å². The molecule has 0 amide bonds. The first-order chi connectivity index (χ1) is 11.5. The van der Waals surface area contributed by atoms with Crippen molar-refractivity contribution in [2.75, 3.05) is 19.5 Å². The van der Waals surface area contributed by atoms with Crippen LogP contribution in [-0.2, 0) is 9.47 Å². The number of hydrogen-bond acceptors (Lipinski definition) is 7. The van der Waals surface area contributed by atoms with Gasteiger partial charge in [-0.05, 0) is 12.3 Å². The number of methoxy groups -OCH3 is 1. The van der Waals surface area contributed by atoms with Gasteiger partial charge >= 0.3 is 5.97 Å². The van der Waals surface area contributed by atoms with Crippen LogP contribution in [0.25, 0.3) is 11.2 Å². The summed E-state index contributed by atoms with van der Waals surface area (Å²) in [6.45, 7) is 6.49. The quantitative estimate of drug-likeness (QED) is 0.858. The van der Waals surface area contributed by atoms with Gasteiger partial charge in [0, 0.05) is 13.0 Å². The first-order valence-electron chi connectivity index (χ1n) is 8.17. The van der Waals surface area contributed by atoms with Crippen molar-refractivity contribution in [3.05, 3.63) is 12.2 Å². The number of ether oxygens (including phenoxy) is 2. The molecule has 130 valence electrons. The molecule has 1 fully saturated rings. The first-order valence-corrected chi connectivity index (χ1v) is 8.17. The van der Waals surface area contributed by atoms with E-state index in [9.17, 15) is 4.79 Å². The summed E-state index contributed by atoms with van der Waals surface area (Å²) in [6.07, 6.45) is 2.69. The molecule has 1 saturated heterocycles. The van der Waals surface area contributed by atoms with Crippen molar-refractivity contribution >= 4 is 23.0 Å². The monoisotopic (exact) mass is 333 g/mol. The fourth-order valence-corrected chi connectivity index (χ4v) is 3.27. The van der Waals surface area contributed by atoms with E-state index in [0.717, 1.165) is 6.42 Å². The Bertz CT molecular complexity index is 759. The molecule has 0 radical (unpaired) electrons. The fraction of sp³-hybridized carbons (Fsp3) is 0.625. The smallest absolute Gasteiger partial charge is 0.376 e. The van der Waals surface area contributed by atoms with Crippen LogP contribution in [0.1, 0.15) is 44.0 Å². The highest BCUT2D eigenvalue weighted by molar-refractivity contribution is 5.91. The lowest BCUT2D eigenvalue weighted by Crippen LogP contribution is -2.17. The number of hydrogen-bond donors (Lipinski definition) is 1. The summed E-state index contributed by atoms with van der Waals surface area (Å²) < 4.78 is 12.9. The summed E-state index contributed by atoms with van der Waals surface area (Å²) in [5.41, 5.74) is 1.17. The van der Waals surface area contributed by atoms with Crippen LogP contribution in [0, 0.1) is 11.8 Å². The van der Waals surface area contributed by atoms with Crippen molar-refractivity contribution in [2.24, 2.45) is 11.8 Å².